The summed E-state index contributed by atoms with van der Waals surface area (Å²) >= 11 is 0. The fourth-order valence-corrected chi connectivity index (χ4v) is 17.4. The molecule has 4 aliphatic rings. The molecule has 2 saturated heterocycles. The Kier molecular flexibility index (Phi) is 37.4. The summed E-state index contributed by atoms with van der Waals surface area (Å²) in [4.78, 5) is 0. The molecule has 14 heteroatoms. The van der Waals surface area contributed by atoms with Crippen molar-refractivity contribution in [1.29, 1.82) is 0 Å². The molecule has 126 heavy (non-hydrogen) atoms. The second-order valence-electron chi connectivity index (χ2n) is 43.7. The first-order valence-corrected chi connectivity index (χ1v) is 51.0. The van der Waals surface area contributed by atoms with Gasteiger partial charge in [-0.3, -0.25) is 0 Å². The predicted octanol–water partition coefficient (Wildman–Crippen LogP) is 23.2. The van der Waals surface area contributed by atoms with Crippen LogP contribution in [0.15, 0.2) is 170 Å². The maximum atomic E-state index is 14.6. The van der Waals surface area contributed by atoms with Gasteiger partial charge < -0.3 is 49.0 Å². The summed E-state index contributed by atoms with van der Waals surface area (Å²) in [6, 6.07) is 57.2. The van der Waals surface area contributed by atoms with Crippen LogP contribution in [0.5, 0.6) is 46.0 Å². The zero-order chi connectivity index (χ0) is 91.6. The van der Waals surface area contributed by atoms with Crippen LogP contribution in [-0.2, 0) is 170 Å². The molecule has 0 atom stereocenters. The molecule has 2 heterocycles. The Labute approximate surface area is 813 Å². The summed E-state index contributed by atoms with van der Waals surface area (Å²) in [5, 5.41) is 87.1. The third-order valence-corrected chi connectivity index (χ3v) is 25.0. The van der Waals surface area contributed by atoms with Gasteiger partial charge >= 0.3 is 65.4 Å². The minimum Gasteiger partial charge on any atom is -0.872 e. The molecule has 0 saturated carbocycles. The first-order valence-electron chi connectivity index (χ1n) is 45.5. The molecule has 10 aromatic rings. The van der Waals surface area contributed by atoms with Crippen LogP contribution in [0.4, 0.5) is 0 Å². The second kappa shape index (κ2) is 44.4. The molecular weight excluding hydrogens is 1740 g/mol. The van der Waals surface area contributed by atoms with E-state index in [1.807, 2.05) is 121 Å². The van der Waals surface area contributed by atoms with Crippen molar-refractivity contribution in [2.45, 2.75) is 313 Å². The normalized spacial score (nSPS) is 14.1. The smallest absolute Gasteiger partial charge is 0.872 e. The van der Waals surface area contributed by atoms with Crippen LogP contribution < -0.4 is 39.5 Å². The Balaban J connectivity index is 0.000000272. The SMILES string of the molecule is C1CCOC1.C1CCOC1.C[SiH](C)Oc1c2cc(C(C)(C)C)cc1Cc1cc(C(C)(C)C)cc(c1[O-])Cc1cc(C(C)(C)C)cc(c1[O-])Cc1cc(C(C)(C)C)cc(c1[O-])C2.C[SiH](C)Oc1c2cc(C(C)(C)C)cc1Cc1cc(C(C)(C)C)cc(c1[O-])Cc1cc(C(C)(C)C)cc(c1[O-])Cc1cc(C(C)(C)C)cc(c1[O-])C2.[Y+3].[Y+3].c1ccccc1.c1ccccc1. The number of benzene rings is 10. The zero-order valence-electron chi connectivity index (χ0n) is 81.9. The van der Waals surface area contributed by atoms with Crippen LogP contribution in [0.1, 0.15) is 325 Å². The average Bonchev–Trinajstić information content (AvgIpc) is 0.774. The topological polar surface area (TPSA) is 175 Å². The molecule has 668 valence electrons. The van der Waals surface area contributed by atoms with Gasteiger partial charge in [-0.25, -0.2) is 0 Å². The Morgan fingerprint density at radius 1 is 0.206 bits per heavy atom. The van der Waals surface area contributed by atoms with E-state index in [2.05, 4.69) is 241 Å². The van der Waals surface area contributed by atoms with Crippen molar-refractivity contribution in [3.05, 3.63) is 303 Å². The summed E-state index contributed by atoms with van der Waals surface area (Å²) in [5.41, 5.74) is 18.6. The molecule has 0 aromatic heterocycles. The molecule has 0 spiro atoms. The van der Waals surface area contributed by atoms with E-state index in [1.54, 1.807) is 0 Å². The maximum absolute atomic E-state index is 14.6. The van der Waals surface area contributed by atoms with Crippen LogP contribution >= 0.6 is 0 Å². The average molecular weight is 1890 g/mol. The molecule has 2 fully saturated rings. The van der Waals surface area contributed by atoms with Gasteiger partial charge in [0.2, 0.25) is 18.1 Å². The van der Waals surface area contributed by atoms with Crippen molar-refractivity contribution in [2.75, 3.05) is 26.4 Å². The predicted molar refractivity (Wildman–Crippen MR) is 512 cm³/mol. The Morgan fingerprint density at radius 3 is 0.413 bits per heavy atom. The molecule has 0 unspecified atom stereocenters. The van der Waals surface area contributed by atoms with Crippen molar-refractivity contribution in [3.63, 3.8) is 0 Å². The van der Waals surface area contributed by atoms with Gasteiger partial charge in [-0.1, -0.05) is 403 Å². The Hall–Kier alpha value is -6.84. The second-order valence-corrected chi connectivity index (χ2v) is 48.4. The number of hydrogen-bond acceptors (Lipinski definition) is 10. The summed E-state index contributed by atoms with van der Waals surface area (Å²) in [6.07, 6.45) is 7.65. The minimum atomic E-state index is -1.61. The van der Waals surface area contributed by atoms with Gasteiger partial charge in [-0.05, 0) is 188 Å². The molecule has 2 aliphatic heterocycles. The molecular formula is C112H146O10Si2Y2. The van der Waals surface area contributed by atoms with Crippen molar-refractivity contribution in [2.24, 2.45) is 0 Å². The molecule has 0 N–H and O–H groups in total. The van der Waals surface area contributed by atoms with Crippen LogP contribution in [0, 0.1) is 0 Å². The number of fused-ring (bicyclic) bond motifs is 16. The van der Waals surface area contributed by atoms with E-state index < -0.39 is 18.1 Å². The van der Waals surface area contributed by atoms with Gasteiger partial charge in [0.25, 0.3) is 0 Å². The minimum absolute atomic E-state index is 0. The van der Waals surface area contributed by atoms with Crippen molar-refractivity contribution >= 4 is 18.1 Å². The first kappa shape index (κ1) is 106. The quantitative estimate of drug-likeness (QED) is 0.154. The van der Waals surface area contributed by atoms with E-state index in [4.69, 9.17) is 18.3 Å². The molecule has 10 nitrogen and oxygen atoms in total. The van der Waals surface area contributed by atoms with Gasteiger partial charge in [-0.15, -0.1) is 34.5 Å². The fraction of sp³-hybridized carbons (Fsp3) is 0.464. The van der Waals surface area contributed by atoms with Crippen LogP contribution in [0.2, 0.25) is 26.2 Å². The third-order valence-electron chi connectivity index (χ3n) is 23.6. The van der Waals surface area contributed by atoms with Crippen molar-refractivity contribution in [3.8, 4) is 46.0 Å². The van der Waals surface area contributed by atoms with E-state index in [0.717, 1.165) is 105 Å². The Morgan fingerprint density at radius 2 is 0.317 bits per heavy atom. The van der Waals surface area contributed by atoms with E-state index in [9.17, 15) is 30.6 Å². The fourth-order valence-electron chi connectivity index (χ4n) is 15.8. The summed E-state index contributed by atoms with van der Waals surface area (Å²) in [7, 11) is -3.21. The van der Waals surface area contributed by atoms with E-state index in [0.29, 0.717) is 92.4 Å². The molecule has 0 amide bonds. The van der Waals surface area contributed by atoms with E-state index in [-0.39, 0.29) is 169 Å². The number of ether oxygens (including phenoxy) is 2. The summed E-state index contributed by atoms with van der Waals surface area (Å²) in [5.74, 6) is 1.37. The third kappa shape index (κ3) is 29.6. The van der Waals surface area contributed by atoms with Crippen molar-refractivity contribution < 1.29 is 114 Å². The van der Waals surface area contributed by atoms with E-state index in [1.165, 1.54) is 25.7 Å². The molecule has 10 aromatic carbocycles. The summed E-state index contributed by atoms with van der Waals surface area (Å²) < 4.78 is 23.5. The standard InChI is InChI=1S/2C46H62O4Si.2C6H6.2C4H8O.2Y/c2*1-43(2,3)35-19-27-15-29-21-36(44(4,5)6)23-31(40(29)48)17-33-25-38(46(10,11)12)26-34(42(33)50-51(13)14)18-32-24-37(45(7,8)9)22-30(41(32)49)16-28(20-35)39(27)47;2*1-2-4-6-5-3-1;2*1-2-4-5-3-1;;/h2*19-26,47-49,51H,15-18H2,1-14H3;2*1-6H;2*1-4H2;;/q;;;;;;2*+3/p-6. The first-order chi connectivity index (χ1) is 57.6. The maximum Gasteiger partial charge on any atom is 3.00 e. The van der Waals surface area contributed by atoms with Gasteiger partial charge in [0.15, 0.2) is 0 Å². The summed E-state index contributed by atoms with van der Waals surface area (Å²) in [6.45, 7) is 64.7. The van der Waals surface area contributed by atoms with Crippen molar-refractivity contribution in [1.82, 2.24) is 0 Å². The van der Waals surface area contributed by atoms with Gasteiger partial charge in [0.05, 0.1) is 0 Å². The van der Waals surface area contributed by atoms with Gasteiger partial charge in [-0.2, -0.15) is 0 Å². The zero-order valence-corrected chi connectivity index (χ0v) is 89.9. The molecule has 16 bridgehead atoms. The molecule has 14 rings (SSSR count). The number of hydrogen-bond donors (Lipinski definition) is 0. The number of rotatable bonds is 4. The van der Waals surface area contributed by atoms with Gasteiger partial charge in [0, 0.05) is 52.1 Å². The molecule has 0 radical (unpaired) electrons. The molecule has 2 aliphatic carbocycles. The van der Waals surface area contributed by atoms with Crippen LogP contribution in [0.25, 0.3) is 0 Å². The largest absolute Gasteiger partial charge is 3.00 e. The van der Waals surface area contributed by atoms with E-state index >= 15 is 0 Å². The van der Waals surface area contributed by atoms with Gasteiger partial charge in [0.1, 0.15) is 11.5 Å². The Bertz CT molecular complexity index is 4620. The van der Waals surface area contributed by atoms with Crippen LogP contribution in [-0.4, -0.2) is 44.5 Å². The van der Waals surface area contributed by atoms with Crippen LogP contribution in [0.3, 0.4) is 0 Å². The monoisotopic (exact) mass is 1880 g/mol.